The van der Waals surface area contributed by atoms with Gasteiger partial charge in [-0.05, 0) is 45.4 Å². The second-order valence-corrected chi connectivity index (χ2v) is 5.43. The number of aromatic carboxylic acids is 1. The maximum absolute atomic E-state index is 11.6. The van der Waals surface area contributed by atoms with Crippen LogP contribution < -0.4 is 5.32 Å². The van der Waals surface area contributed by atoms with Crippen molar-refractivity contribution in [2.45, 2.75) is 33.3 Å². The van der Waals surface area contributed by atoms with E-state index in [1.54, 1.807) is 27.7 Å². The minimum absolute atomic E-state index is 0.0322. The molecule has 0 aliphatic rings. The average Bonchev–Trinajstić information content (AvgIpc) is 2.19. The summed E-state index contributed by atoms with van der Waals surface area (Å²) in [6.07, 6.45) is -0.644. The Morgan fingerprint density at radius 3 is 2.37 bits per heavy atom. The molecule has 104 valence electrons. The normalized spacial score (nSPS) is 11.0. The number of nitrogens with one attached hydrogen (secondary N) is 1. The summed E-state index contributed by atoms with van der Waals surface area (Å²) in [6.45, 7) is 6.79. The van der Waals surface area contributed by atoms with Crippen LogP contribution in [0.3, 0.4) is 0 Å². The van der Waals surface area contributed by atoms with E-state index >= 15 is 0 Å². The molecule has 0 heterocycles. The number of carbonyl (C=O) groups excluding carboxylic acids is 1. The van der Waals surface area contributed by atoms with Crippen LogP contribution in [0.4, 0.5) is 10.5 Å². The Kier molecular flexibility index (Phi) is 4.42. The molecule has 0 aromatic heterocycles. The summed E-state index contributed by atoms with van der Waals surface area (Å²) in [5.74, 6) is -1.14. The van der Waals surface area contributed by atoms with Gasteiger partial charge in [0.15, 0.2) is 0 Å². The van der Waals surface area contributed by atoms with Crippen LogP contribution in [0.5, 0.6) is 0 Å². The molecule has 1 amide bonds. The second kappa shape index (κ2) is 5.48. The number of hydrogen-bond acceptors (Lipinski definition) is 3. The highest BCUT2D eigenvalue weighted by Crippen LogP contribution is 2.26. The number of hydrogen-bond donors (Lipinski definition) is 2. The van der Waals surface area contributed by atoms with Crippen molar-refractivity contribution < 1.29 is 19.4 Å². The lowest BCUT2D eigenvalue weighted by Gasteiger charge is -2.20. The quantitative estimate of drug-likeness (QED) is 0.869. The van der Waals surface area contributed by atoms with Crippen molar-refractivity contribution in [3.63, 3.8) is 0 Å². The van der Waals surface area contributed by atoms with Gasteiger partial charge in [0.25, 0.3) is 0 Å². The summed E-state index contributed by atoms with van der Waals surface area (Å²) in [5, 5.41) is 11.7. The lowest BCUT2D eigenvalue weighted by Crippen LogP contribution is -2.27. The molecule has 0 saturated heterocycles. The first kappa shape index (κ1) is 15.3. The molecule has 1 rings (SSSR count). The summed E-state index contributed by atoms with van der Waals surface area (Å²) >= 11 is 5.81. The number of carboxylic acids is 1. The van der Waals surface area contributed by atoms with E-state index in [0.717, 1.165) is 0 Å². The molecular weight excluding hydrogens is 270 g/mol. The zero-order valence-corrected chi connectivity index (χ0v) is 12.0. The van der Waals surface area contributed by atoms with Gasteiger partial charge in [-0.2, -0.15) is 0 Å². The number of ether oxygens (including phenoxy) is 1. The van der Waals surface area contributed by atoms with Crippen LogP contribution in [0.15, 0.2) is 12.1 Å². The van der Waals surface area contributed by atoms with E-state index in [1.807, 2.05) is 0 Å². The van der Waals surface area contributed by atoms with E-state index in [1.165, 1.54) is 12.1 Å². The predicted octanol–water partition coefficient (Wildman–Crippen LogP) is 3.69. The molecule has 19 heavy (non-hydrogen) atoms. The highest BCUT2D eigenvalue weighted by molar-refractivity contribution is 6.33. The fourth-order valence-electron chi connectivity index (χ4n) is 1.49. The van der Waals surface area contributed by atoms with Crippen LogP contribution in [0.1, 0.15) is 36.7 Å². The number of amides is 1. The summed E-state index contributed by atoms with van der Waals surface area (Å²) in [6, 6.07) is 2.96. The van der Waals surface area contributed by atoms with Gasteiger partial charge in [0, 0.05) is 5.69 Å². The van der Waals surface area contributed by atoms with Gasteiger partial charge in [-0.3, -0.25) is 5.32 Å². The molecule has 1 aromatic rings. The van der Waals surface area contributed by atoms with E-state index in [2.05, 4.69) is 5.32 Å². The first-order valence-electron chi connectivity index (χ1n) is 5.64. The number of anilines is 1. The van der Waals surface area contributed by atoms with Crippen LogP contribution in [0.25, 0.3) is 0 Å². The Bertz CT molecular complexity index is 520. The smallest absolute Gasteiger partial charge is 0.412 e. The maximum Gasteiger partial charge on any atom is 0.412 e. The van der Waals surface area contributed by atoms with E-state index in [0.29, 0.717) is 11.3 Å². The molecule has 6 heteroatoms. The van der Waals surface area contributed by atoms with Crippen molar-refractivity contribution in [3.8, 4) is 0 Å². The van der Waals surface area contributed by atoms with Gasteiger partial charge in [-0.1, -0.05) is 11.6 Å². The van der Waals surface area contributed by atoms with E-state index < -0.39 is 17.7 Å². The van der Waals surface area contributed by atoms with Gasteiger partial charge in [0.2, 0.25) is 0 Å². The Morgan fingerprint density at radius 2 is 1.89 bits per heavy atom. The maximum atomic E-state index is 11.6. The molecule has 0 aliphatic carbocycles. The molecule has 1 aromatic carbocycles. The van der Waals surface area contributed by atoms with Gasteiger partial charge in [-0.15, -0.1) is 0 Å². The van der Waals surface area contributed by atoms with E-state index in [4.69, 9.17) is 21.4 Å². The molecule has 0 unspecified atom stereocenters. The zero-order chi connectivity index (χ0) is 14.8. The highest BCUT2D eigenvalue weighted by atomic mass is 35.5. The van der Waals surface area contributed by atoms with Crippen LogP contribution in [0.2, 0.25) is 5.02 Å². The van der Waals surface area contributed by atoms with Crippen LogP contribution >= 0.6 is 11.6 Å². The number of halogens is 1. The van der Waals surface area contributed by atoms with Gasteiger partial charge in [-0.25, -0.2) is 9.59 Å². The predicted molar refractivity (Wildman–Crippen MR) is 73.0 cm³/mol. The Hall–Kier alpha value is -1.75. The van der Waals surface area contributed by atoms with Crippen molar-refractivity contribution in [1.82, 2.24) is 0 Å². The van der Waals surface area contributed by atoms with Crippen LogP contribution in [0, 0.1) is 6.92 Å². The molecule has 0 atom stereocenters. The first-order valence-corrected chi connectivity index (χ1v) is 6.02. The number of benzene rings is 1. The van der Waals surface area contributed by atoms with Crippen molar-refractivity contribution in [2.75, 3.05) is 5.32 Å². The lowest BCUT2D eigenvalue weighted by molar-refractivity contribution is 0.0632. The topological polar surface area (TPSA) is 75.6 Å². The van der Waals surface area contributed by atoms with Crippen LogP contribution in [-0.2, 0) is 4.74 Å². The highest BCUT2D eigenvalue weighted by Gasteiger charge is 2.19. The fraction of sp³-hybridized carbons (Fsp3) is 0.385. The van der Waals surface area contributed by atoms with E-state index in [-0.39, 0.29) is 10.6 Å². The third-order valence-corrected chi connectivity index (χ3v) is 2.58. The number of carboxylic acid groups (broad SMARTS) is 1. The minimum Gasteiger partial charge on any atom is -0.478 e. The largest absolute Gasteiger partial charge is 0.478 e. The molecule has 0 fully saturated rings. The zero-order valence-electron chi connectivity index (χ0n) is 11.2. The molecule has 5 nitrogen and oxygen atoms in total. The molecule has 0 radical (unpaired) electrons. The molecule has 0 bridgehead atoms. The van der Waals surface area contributed by atoms with Crippen molar-refractivity contribution in [1.29, 1.82) is 0 Å². The Morgan fingerprint density at radius 1 is 1.32 bits per heavy atom. The summed E-state index contributed by atoms with van der Waals surface area (Å²) in [5.41, 5.74) is 0.0807. The minimum atomic E-state index is -1.14. The third kappa shape index (κ3) is 4.13. The number of carbonyl (C=O) groups is 2. The second-order valence-electron chi connectivity index (χ2n) is 5.03. The molecule has 0 saturated carbocycles. The number of rotatable bonds is 2. The third-order valence-electron chi connectivity index (χ3n) is 2.26. The molecule has 2 N–H and O–H groups in total. The average molecular weight is 286 g/mol. The van der Waals surface area contributed by atoms with Crippen molar-refractivity contribution in [3.05, 3.63) is 28.3 Å². The van der Waals surface area contributed by atoms with Crippen molar-refractivity contribution in [2.24, 2.45) is 0 Å². The summed E-state index contributed by atoms with van der Waals surface area (Å²) in [4.78, 5) is 22.7. The Balaban J connectivity index is 3.01. The van der Waals surface area contributed by atoms with Gasteiger partial charge < -0.3 is 9.84 Å². The SMILES string of the molecule is Cc1c(NC(=O)OC(C)(C)C)ccc(Cl)c1C(=O)O. The molecule has 0 spiro atoms. The fourth-order valence-corrected chi connectivity index (χ4v) is 1.78. The molecular formula is C13H16ClNO4. The van der Waals surface area contributed by atoms with Gasteiger partial charge in [0.05, 0.1) is 10.6 Å². The summed E-state index contributed by atoms with van der Waals surface area (Å²) < 4.78 is 5.10. The first-order chi connectivity index (χ1) is 8.61. The lowest BCUT2D eigenvalue weighted by atomic mass is 10.1. The summed E-state index contributed by atoms with van der Waals surface area (Å²) in [7, 11) is 0. The van der Waals surface area contributed by atoms with Gasteiger partial charge >= 0.3 is 12.1 Å². The monoisotopic (exact) mass is 285 g/mol. The van der Waals surface area contributed by atoms with Gasteiger partial charge in [0.1, 0.15) is 5.60 Å². The van der Waals surface area contributed by atoms with E-state index in [9.17, 15) is 9.59 Å². The standard InChI is InChI=1S/C13H16ClNO4/c1-7-9(15-12(18)19-13(2,3)4)6-5-8(14)10(7)11(16)17/h5-6H,1-4H3,(H,15,18)(H,16,17). The molecule has 0 aliphatic heterocycles. The van der Waals surface area contributed by atoms with Crippen LogP contribution in [-0.4, -0.2) is 22.8 Å². The Labute approximate surface area is 116 Å². The van der Waals surface area contributed by atoms with Crippen molar-refractivity contribution >= 4 is 29.4 Å².